The van der Waals surface area contributed by atoms with E-state index in [1.807, 2.05) is 121 Å². The molecule has 2 aliphatic rings. The Labute approximate surface area is 354 Å². The highest BCUT2D eigenvalue weighted by Gasteiger charge is 2.52. The van der Waals surface area contributed by atoms with E-state index in [9.17, 15) is 0 Å². The molecular formula is C46H54B2Br2N2O4. The van der Waals surface area contributed by atoms with Crippen molar-refractivity contribution in [1.29, 1.82) is 0 Å². The first-order valence-electron chi connectivity index (χ1n) is 19.1. The number of H-pyrrole nitrogens is 2. The standard InChI is InChI=1S/C28H35B2NO4.C16H11Br2N.2CH4/c1-25(2)26(3,4)33-29(32-25)21-13-9-19(10-14-21)23-17-18-24(31-23)20-11-15-22(16-12-20)30-34-27(5,6)28(7,8)35-30;17-13-5-1-11(2-6-13)15-9-10-16(19-15)12-3-7-14(18)8-4-12;;/h9-18,31H,1-8H3;1-10,19H;2*1H4/i/hD2. The molecule has 8 rings (SSSR count). The summed E-state index contributed by atoms with van der Waals surface area (Å²) in [6, 6.07) is 40.1. The van der Waals surface area contributed by atoms with Crippen LogP contribution >= 0.6 is 31.9 Å². The van der Waals surface area contributed by atoms with Crippen molar-refractivity contribution in [2.45, 2.75) is 92.6 Å². The first-order valence-corrected chi connectivity index (χ1v) is 19.8. The molecule has 6 aromatic rings. The van der Waals surface area contributed by atoms with E-state index in [-0.39, 0.29) is 37.3 Å². The second-order valence-electron chi connectivity index (χ2n) is 15.9. The van der Waals surface area contributed by atoms with Crippen LogP contribution < -0.4 is 10.9 Å². The molecule has 2 fully saturated rings. The molecule has 2 saturated heterocycles. The van der Waals surface area contributed by atoms with Crippen LogP contribution in [0.3, 0.4) is 0 Å². The molecule has 2 aliphatic heterocycles. The van der Waals surface area contributed by atoms with E-state index < -0.39 is 14.2 Å². The van der Waals surface area contributed by atoms with Gasteiger partial charge in [-0.05, 0) is 137 Å². The van der Waals surface area contributed by atoms with E-state index >= 15 is 0 Å². The summed E-state index contributed by atoms with van der Waals surface area (Å²) in [4.78, 5) is 2.96. The number of hydrogen-bond acceptors (Lipinski definition) is 4. The van der Waals surface area contributed by atoms with Crippen LogP contribution in [0.2, 0.25) is 2.82 Å². The lowest BCUT2D eigenvalue weighted by atomic mass is 9.79. The van der Waals surface area contributed by atoms with E-state index in [1.165, 1.54) is 9.95 Å². The number of rotatable bonds is 6. The van der Waals surface area contributed by atoms with Crippen LogP contribution in [0.4, 0.5) is 0 Å². The third-order valence-corrected chi connectivity index (χ3v) is 12.1. The molecule has 0 spiro atoms. The van der Waals surface area contributed by atoms with E-state index in [0.29, 0.717) is 0 Å². The van der Waals surface area contributed by atoms with Crippen LogP contribution in [0.5, 0.6) is 0 Å². The quantitative estimate of drug-likeness (QED) is 0.164. The Hall–Kier alpha value is -3.63. The van der Waals surface area contributed by atoms with Gasteiger partial charge in [-0.25, -0.2) is 0 Å². The van der Waals surface area contributed by atoms with Gasteiger partial charge in [-0.3, -0.25) is 0 Å². The fourth-order valence-electron chi connectivity index (χ4n) is 6.19. The van der Waals surface area contributed by atoms with Crippen molar-refractivity contribution in [1.82, 2.24) is 9.95 Å². The highest BCUT2D eigenvalue weighted by molar-refractivity contribution is 9.10. The Morgan fingerprint density at radius 1 is 0.393 bits per heavy atom. The van der Waals surface area contributed by atoms with E-state index in [1.54, 1.807) is 0 Å². The predicted molar refractivity (Wildman–Crippen MR) is 244 cm³/mol. The fourth-order valence-corrected chi connectivity index (χ4v) is 6.72. The Kier molecular flexibility index (Phi) is 12.1. The molecule has 6 nitrogen and oxygen atoms in total. The van der Waals surface area contributed by atoms with Gasteiger partial charge >= 0.3 is 14.2 Å². The summed E-state index contributed by atoms with van der Waals surface area (Å²) in [5.74, 6) is 0. The predicted octanol–water partition coefficient (Wildman–Crippen LogP) is 12.1. The van der Waals surface area contributed by atoms with Crippen molar-refractivity contribution >= 4 is 57.0 Å². The molecule has 10 heteroatoms. The summed E-state index contributed by atoms with van der Waals surface area (Å²) in [6.07, 6.45) is 0. The summed E-state index contributed by atoms with van der Waals surface area (Å²) in [7, 11) is -0.797. The van der Waals surface area contributed by atoms with Gasteiger partial charge in [0, 0.05) is 31.7 Å². The lowest BCUT2D eigenvalue weighted by molar-refractivity contribution is 0.00578. The molecule has 0 aliphatic carbocycles. The van der Waals surface area contributed by atoms with Crippen LogP contribution in [0, 0.1) is 0 Å². The largest absolute Gasteiger partial charge is 0.494 e. The average molecular weight is 882 g/mol. The van der Waals surface area contributed by atoms with Gasteiger partial charge in [-0.2, -0.15) is 0 Å². The normalized spacial score (nSPS) is 17.9. The number of hydrogen-bond donors (Lipinski definition) is 2. The van der Waals surface area contributed by atoms with Crippen molar-refractivity contribution in [3.05, 3.63) is 130 Å². The van der Waals surface area contributed by atoms with Gasteiger partial charge in [0.05, 0.1) is 22.4 Å². The monoisotopic (exact) mass is 880 g/mol. The number of halogens is 2. The molecular weight excluding hydrogens is 826 g/mol. The van der Waals surface area contributed by atoms with Gasteiger partial charge in [0.1, 0.15) is 0 Å². The molecule has 4 aromatic carbocycles. The maximum absolute atomic E-state index is 8.77. The summed E-state index contributed by atoms with van der Waals surface area (Å²) in [5, 5.41) is 0. The van der Waals surface area contributed by atoms with Crippen LogP contribution in [0.1, 0.15) is 70.2 Å². The molecule has 292 valence electrons. The Morgan fingerprint density at radius 2 is 0.607 bits per heavy atom. The smallest absolute Gasteiger partial charge is 0.399 e. The fraction of sp³-hybridized carbons (Fsp3) is 0.304. The van der Waals surface area contributed by atoms with Crippen molar-refractivity contribution in [3.8, 4) is 45.0 Å². The van der Waals surface area contributed by atoms with Gasteiger partial charge in [-0.1, -0.05) is 120 Å². The van der Waals surface area contributed by atoms with Gasteiger partial charge in [0.25, 0.3) is 0 Å². The minimum Gasteiger partial charge on any atom is -0.399 e. The summed E-state index contributed by atoms with van der Waals surface area (Å²) in [5.41, 5.74) is 7.84. The lowest BCUT2D eigenvalue weighted by Crippen LogP contribution is -2.41. The second kappa shape index (κ2) is 16.7. The van der Waals surface area contributed by atoms with Crippen LogP contribution in [-0.4, -0.2) is 46.6 Å². The molecule has 0 bridgehead atoms. The topological polar surface area (TPSA) is 68.5 Å². The number of aromatic nitrogens is 2. The average Bonchev–Trinajstić information content (AvgIpc) is 3.85. The lowest BCUT2D eigenvalue weighted by Gasteiger charge is -2.32. The highest BCUT2D eigenvalue weighted by atomic mass is 79.9. The van der Waals surface area contributed by atoms with Crippen molar-refractivity contribution < 1.29 is 21.4 Å². The Balaban J connectivity index is 0.000000248. The van der Waals surface area contributed by atoms with Crippen molar-refractivity contribution in [3.63, 3.8) is 0 Å². The summed E-state index contributed by atoms with van der Waals surface area (Å²) in [6.45, 7) is 16.4. The van der Waals surface area contributed by atoms with E-state index in [0.717, 1.165) is 64.9 Å². The molecule has 56 heavy (non-hydrogen) atoms. The van der Waals surface area contributed by atoms with Crippen molar-refractivity contribution in [2.75, 3.05) is 0 Å². The minimum absolute atomic E-state index is 0. The first kappa shape index (κ1) is 40.6. The zero-order valence-electron chi connectivity index (χ0n) is 34.0. The molecule has 0 amide bonds. The molecule has 0 radical (unpaired) electrons. The second-order valence-corrected chi connectivity index (χ2v) is 17.7. The summed E-state index contributed by atoms with van der Waals surface area (Å²) < 4.78 is 43.8. The number of benzene rings is 4. The molecule has 2 aromatic heterocycles. The molecule has 0 unspecified atom stereocenters. The maximum Gasteiger partial charge on any atom is 0.494 e. The third-order valence-electron chi connectivity index (χ3n) is 11.0. The zero-order chi connectivity index (χ0) is 40.2. The van der Waals surface area contributed by atoms with E-state index in [4.69, 9.17) is 21.4 Å². The Bertz CT molecular complexity index is 2130. The van der Waals surface area contributed by atoms with Gasteiger partial charge < -0.3 is 28.6 Å². The molecule has 2 N–H and O–H groups in total. The van der Waals surface area contributed by atoms with Crippen LogP contribution in [0.15, 0.2) is 130 Å². The minimum atomic E-state index is -0.398. The van der Waals surface area contributed by atoms with E-state index in [2.05, 4.69) is 87.2 Å². The summed E-state index contributed by atoms with van der Waals surface area (Å²) >= 11 is 6.85. The van der Waals surface area contributed by atoms with Gasteiger partial charge in [0.15, 0.2) is 2.82 Å². The third kappa shape index (κ3) is 9.07. The molecule has 0 atom stereocenters. The number of nitrogens with one attached hydrogen (secondary N) is 2. The van der Waals surface area contributed by atoms with Crippen LogP contribution in [-0.2, 0) is 18.6 Å². The zero-order valence-corrected chi connectivity index (χ0v) is 35.2. The number of aromatic amines is 2. The Morgan fingerprint density at radius 3 is 0.839 bits per heavy atom. The molecule has 0 saturated carbocycles. The van der Waals surface area contributed by atoms with Gasteiger partial charge in [-0.15, -0.1) is 0 Å². The van der Waals surface area contributed by atoms with Crippen molar-refractivity contribution in [2.24, 2.45) is 0 Å². The highest BCUT2D eigenvalue weighted by Crippen LogP contribution is 2.38. The molecule has 4 heterocycles. The van der Waals surface area contributed by atoms with Gasteiger partial charge in [0.2, 0.25) is 0 Å². The first-order chi connectivity index (χ1) is 26.4. The maximum atomic E-state index is 8.77. The van der Waals surface area contributed by atoms with Crippen LogP contribution in [0.25, 0.3) is 45.0 Å². The SMILES string of the molecule is C.C.[2H]n1c(-c2ccc(B3OC(C)(C)C(C)(C)O3)cc2)ccc1-c1ccc(B2OC(C)(C)C(C)(C)O2)cc1.[2H]n1c(-c2ccc(Br)cc2)ccc1-c1ccc(Br)cc1.